The Labute approximate surface area is 130 Å². The van der Waals surface area contributed by atoms with Crippen LogP contribution in [0.3, 0.4) is 0 Å². The number of benzene rings is 1. The van der Waals surface area contributed by atoms with Gasteiger partial charge in [0.25, 0.3) is 0 Å². The van der Waals surface area contributed by atoms with Gasteiger partial charge in [-0.15, -0.1) is 0 Å². The first kappa shape index (κ1) is 15.3. The predicted octanol–water partition coefficient (Wildman–Crippen LogP) is 3.76. The Morgan fingerprint density at radius 3 is 2.82 bits per heavy atom. The SMILES string of the molecule is CSCCc1nn(-c2ccccc2C(F)(F)F)c2c1CCN2. The summed E-state index contributed by atoms with van der Waals surface area (Å²) in [6.45, 7) is 0.744. The lowest BCUT2D eigenvalue weighted by Gasteiger charge is -2.14. The Hall–Kier alpha value is -1.63. The van der Waals surface area contributed by atoms with Crippen molar-refractivity contribution >= 4 is 17.6 Å². The van der Waals surface area contributed by atoms with E-state index in [4.69, 9.17) is 0 Å². The van der Waals surface area contributed by atoms with Crippen molar-refractivity contribution in [3.63, 3.8) is 0 Å². The number of aryl methyl sites for hydroxylation is 1. The molecule has 0 aliphatic carbocycles. The average molecular weight is 327 g/mol. The summed E-state index contributed by atoms with van der Waals surface area (Å²) >= 11 is 1.70. The van der Waals surface area contributed by atoms with Gasteiger partial charge in [-0.25, -0.2) is 4.68 Å². The van der Waals surface area contributed by atoms with E-state index in [1.165, 1.54) is 16.8 Å². The van der Waals surface area contributed by atoms with Crippen LogP contribution in [0.25, 0.3) is 5.69 Å². The number of halogens is 3. The van der Waals surface area contributed by atoms with Crippen molar-refractivity contribution in [2.45, 2.75) is 19.0 Å². The molecule has 3 nitrogen and oxygen atoms in total. The summed E-state index contributed by atoms with van der Waals surface area (Å²) in [5.74, 6) is 1.61. The highest BCUT2D eigenvalue weighted by molar-refractivity contribution is 7.98. The Bertz CT molecular complexity index is 679. The molecule has 1 aromatic carbocycles. The van der Waals surface area contributed by atoms with Gasteiger partial charge in [0.2, 0.25) is 0 Å². The molecule has 2 heterocycles. The minimum absolute atomic E-state index is 0.0797. The van der Waals surface area contributed by atoms with Gasteiger partial charge in [-0.3, -0.25) is 0 Å². The maximum Gasteiger partial charge on any atom is 0.418 e. The number of aromatic nitrogens is 2. The highest BCUT2D eigenvalue weighted by Crippen LogP contribution is 2.36. The smallest absolute Gasteiger partial charge is 0.369 e. The molecular formula is C15H16F3N3S. The van der Waals surface area contributed by atoms with Gasteiger partial charge in [0.15, 0.2) is 0 Å². The summed E-state index contributed by atoms with van der Waals surface area (Å²) in [4.78, 5) is 0. The first-order valence-electron chi connectivity index (χ1n) is 7.02. The number of anilines is 1. The van der Waals surface area contributed by atoms with E-state index in [0.29, 0.717) is 5.82 Å². The van der Waals surface area contributed by atoms with Crippen molar-refractivity contribution in [1.29, 1.82) is 0 Å². The standard InChI is InChI=1S/C15H16F3N3S/c1-22-9-7-12-10-6-8-19-14(10)21(20-12)13-5-3-2-4-11(13)15(16,17)18/h2-5,19H,6-9H2,1H3. The fraction of sp³-hybridized carbons (Fsp3) is 0.400. The molecule has 0 radical (unpaired) electrons. The topological polar surface area (TPSA) is 29.9 Å². The van der Waals surface area contributed by atoms with Gasteiger partial charge in [-0.2, -0.15) is 30.0 Å². The average Bonchev–Trinajstić information content (AvgIpc) is 3.07. The van der Waals surface area contributed by atoms with Gasteiger partial charge in [0, 0.05) is 18.5 Å². The molecule has 0 fully saturated rings. The van der Waals surface area contributed by atoms with E-state index in [2.05, 4.69) is 10.4 Å². The molecule has 0 atom stereocenters. The second-order valence-electron chi connectivity index (χ2n) is 5.12. The number of para-hydroxylation sites is 1. The van der Waals surface area contributed by atoms with Crippen LogP contribution < -0.4 is 5.32 Å². The fourth-order valence-corrected chi connectivity index (χ4v) is 3.12. The molecule has 0 unspecified atom stereocenters. The van der Waals surface area contributed by atoms with Crippen LogP contribution in [-0.4, -0.2) is 28.3 Å². The van der Waals surface area contributed by atoms with Gasteiger partial charge in [-0.05, 0) is 30.6 Å². The van der Waals surface area contributed by atoms with Crippen molar-refractivity contribution < 1.29 is 13.2 Å². The summed E-state index contributed by atoms with van der Waals surface area (Å²) in [5, 5.41) is 7.62. The minimum atomic E-state index is -4.40. The van der Waals surface area contributed by atoms with E-state index >= 15 is 0 Å². The number of nitrogens with one attached hydrogen (secondary N) is 1. The second-order valence-corrected chi connectivity index (χ2v) is 6.11. The predicted molar refractivity (Wildman–Crippen MR) is 82.8 cm³/mol. The molecule has 1 aliphatic rings. The minimum Gasteiger partial charge on any atom is -0.369 e. The summed E-state index contributed by atoms with van der Waals surface area (Å²) in [5.41, 5.74) is 1.36. The molecule has 0 spiro atoms. The number of rotatable bonds is 4. The van der Waals surface area contributed by atoms with Crippen LogP contribution in [0.4, 0.5) is 19.0 Å². The first-order valence-corrected chi connectivity index (χ1v) is 8.42. The zero-order chi connectivity index (χ0) is 15.7. The third-order valence-corrected chi connectivity index (χ3v) is 4.33. The Kier molecular flexibility index (Phi) is 4.08. The molecule has 7 heteroatoms. The van der Waals surface area contributed by atoms with Crippen LogP contribution >= 0.6 is 11.8 Å². The number of hydrogen-bond acceptors (Lipinski definition) is 3. The number of alkyl halides is 3. The van der Waals surface area contributed by atoms with E-state index in [-0.39, 0.29) is 5.69 Å². The van der Waals surface area contributed by atoms with Crippen molar-refractivity contribution in [2.75, 3.05) is 23.9 Å². The molecule has 3 rings (SSSR count). The third kappa shape index (κ3) is 2.69. The van der Waals surface area contributed by atoms with E-state index < -0.39 is 11.7 Å². The molecule has 0 bridgehead atoms. The molecule has 118 valence electrons. The Balaban J connectivity index is 2.10. The normalized spacial score (nSPS) is 14.0. The van der Waals surface area contributed by atoms with E-state index in [1.807, 2.05) is 6.26 Å². The fourth-order valence-electron chi connectivity index (χ4n) is 2.72. The number of thioether (sulfide) groups is 1. The van der Waals surface area contributed by atoms with Crippen LogP contribution in [0.15, 0.2) is 24.3 Å². The maximum absolute atomic E-state index is 13.2. The summed E-state index contributed by atoms with van der Waals surface area (Å²) in [6.07, 6.45) is -0.804. The molecule has 0 amide bonds. The van der Waals surface area contributed by atoms with Crippen molar-refractivity contribution in [1.82, 2.24) is 9.78 Å². The van der Waals surface area contributed by atoms with E-state index in [1.54, 1.807) is 17.8 Å². The highest BCUT2D eigenvalue weighted by atomic mass is 32.2. The van der Waals surface area contributed by atoms with Gasteiger partial charge in [0.1, 0.15) is 5.82 Å². The van der Waals surface area contributed by atoms with Crippen molar-refractivity contribution in [3.8, 4) is 5.69 Å². The summed E-state index contributed by atoms with van der Waals surface area (Å²) < 4.78 is 41.1. The lowest BCUT2D eigenvalue weighted by atomic mass is 10.1. The van der Waals surface area contributed by atoms with E-state index in [0.717, 1.165) is 42.5 Å². The highest BCUT2D eigenvalue weighted by Gasteiger charge is 2.35. The molecule has 1 aromatic heterocycles. The van der Waals surface area contributed by atoms with Crippen LogP contribution in [0, 0.1) is 0 Å². The number of hydrogen-bond donors (Lipinski definition) is 1. The van der Waals surface area contributed by atoms with Gasteiger partial charge >= 0.3 is 6.18 Å². The number of nitrogens with zero attached hydrogens (tertiary/aromatic N) is 2. The molecule has 1 N–H and O–H groups in total. The third-order valence-electron chi connectivity index (χ3n) is 3.71. The molecule has 1 aliphatic heterocycles. The Morgan fingerprint density at radius 2 is 2.09 bits per heavy atom. The van der Waals surface area contributed by atoms with Crippen molar-refractivity contribution in [2.24, 2.45) is 0 Å². The van der Waals surface area contributed by atoms with Crippen LogP contribution in [-0.2, 0) is 19.0 Å². The maximum atomic E-state index is 13.2. The van der Waals surface area contributed by atoms with Crippen molar-refractivity contribution in [3.05, 3.63) is 41.1 Å². The van der Waals surface area contributed by atoms with Gasteiger partial charge < -0.3 is 5.32 Å². The summed E-state index contributed by atoms with van der Waals surface area (Å²) in [6, 6.07) is 5.57. The van der Waals surface area contributed by atoms with Gasteiger partial charge in [0.05, 0.1) is 16.9 Å². The zero-order valence-corrected chi connectivity index (χ0v) is 12.9. The molecular weight excluding hydrogens is 311 g/mol. The lowest BCUT2D eigenvalue weighted by molar-refractivity contribution is -0.137. The monoisotopic (exact) mass is 327 g/mol. The van der Waals surface area contributed by atoms with Gasteiger partial charge in [-0.1, -0.05) is 12.1 Å². The number of fused-ring (bicyclic) bond motifs is 1. The molecule has 2 aromatic rings. The van der Waals surface area contributed by atoms with Crippen LogP contribution in [0.2, 0.25) is 0 Å². The molecule has 22 heavy (non-hydrogen) atoms. The van der Waals surface area contributed by atoms with Crippen LogP contribution in [0.5, 0.6) is 0 Å². The quantitative estimate of drug-likeness (QED) is 0.927. The molecule has 0 saturated carbocycles. The Morgan fingerprint density at radius 1 is 1.32 bits per heavy atom. The second kappa shape index (κ2) is 5.87. The van der Waals surface area contributed by atoms with E-state index in [9.17, 15) is 13.2 Å². The summed E-state index contributed by atoms with van der Waals surface area (Å²) in [7, 11) is 0. The van der Waals surface area contributed by atoms with Crippen LogP contribution in [0.1, 0.15) is 16.8 Å². The largest absolute Gasteiger partial charge is 0.418 e. The first-order chi connectivity index (χ1) is 10.5. The lowest BCUT2D eigenvalue weighted by Crippen LogP contribution is -2.13. The zero-order valence-electron chi connectivity index (χ0n) is 12.1. The molecule has 0 saturated heterocycles.